The summed E-state index contributed by atoms with van der Waals surface area (Å²) in [7, 11) is 1.88. The van der Waals surface area contributed by atoms with Gasteiger partial charge in [0.25, 0.3) is 0 Å². The van der Waals surface area contributed by atoms with Crippen LogP contribution in [0.4, 0.5) is 0 Å². The third-order valence-electron chi connectivity index (χ3n) is 1.84. The Bertz CT molecular complexity index is 397. The number of nitrogens with zero attached hydrogens (tertiary/aromatic N) is 2. The van der Waals surface area contributed by atoms with E-state index in [9.17, 15) is 0 Å². The lowest BCUT2D eigenvalue weighted by molar-refractivity contribution is 0.571. The Balaban J connectivity index is 2.25. The fourth-order valence-electron chi connectivity index (χ4n) is 1.20. The lowest BCUT2D eigenvalue weighted by Crippen LogP contribution is -2.04. The van der Waals surface area contributed by atoms with E-state index in [0.717, 1.165) is 11.3 Å². The first kappa shape index (κ1) is 8.90. The van der Waals surface area contributed by atoms with Crippen molar-refractivity contribution in [2.75, 3.05) is 7.05 Å². The van der Waals surface area contributed by atoms with E-state index in [1.165, 1.54) is 0 Å². The van der Waals surface area contributed by atoms with Crippen molar-refractivity contribution in [3.63, 3.8) is 0 Å². The van der Waals surface area contributed by atoms with Crippen LogP contribution >= 0.6 is 0 Å². The lowest BCUT2D eigenvalue weighted by atomic mass is 10.3. The quantitative estimate of drug-likeness (QED) is 0.794. The SMILES string of the molecule is CNCc1coc(-c2ccncc2)n1. The Kier molecular flexibility index (Phi) is 2.55. The zero-order chi connectivity index (χ0) is 9.80. The topological polar surface area (TPSA) is 51.0 Å². The molecule has 4 nitrogen and oxygen atoms in total. The van der Waals surface area contributed by atoms with Gasteiger partial charge in [0.15, 0.2) is 0 Å². The largest absolute Gasteiger partial charge is 0.444 e. The van der Waals surface area contributed by atoms with Crippen molar-refractivity contribution in [2.45, 2.75) is 6.54 Å². The average molecular weight is 189 g/mol. The van der Waals surface area contributed by atoms with Crippen molar-refractivity contribution in [3.8, 4) is 11.5 Å². The molecule has 2 heterocycles. The van der Waals surface area contributed by atoms with Gasteiger partial charge in [0.1, 0.15) is 6.26 Å². The van der Waals surface area contributed by atoms with Crippen molar-refractivity contribution in [1.82, 2.24) is 15.3 Å². The van der Waals surface area contributed by atoms with Gasteiger partial charge in [-0.05, 0) is 19.2 Å². The molecule has 0 atom stereocenters. The molecule has 0 saturated carbocycles. The van der Waals surface area contributed by atoms with Crippen LogP contribution in [0.3, 0.4) is 0 Å². The molecule has 2 aromatic heterocycles. The molecule has 72 valence electrons. The van der Waals surface area contributed by atoms with Crippen molar-refractivity contribution in [2.24, 2.45) is 0 Å². The van der Waals surface area contributed by atoms with E-state index in [1.54, 1.807) is 18.7 Å². The second-order valence-corrected chi connectivity index (χ2v) is 2.91. The fourth-order valence-corrected chi connectivity index (χ4v) is 1.20. The number of hydrogen-bond donors (Lipinski definition) is 1. The van der Waals surface area contributed by atoms with Crippen LogP contribution in [0.15, 0.2) is 35.2 Å². The molecule has 0 bridgehead atoms. The van der Waals surface area contributed by atoms with Crippen LogP contribution in [0.2, 0.25) is 0 Å². The van der Waals surface area contributed by atoms with Gasteiger partial charge in [0.2, 0.25) is 5.89 Å². The highest BCUT2D eigenvalue weighted by molar-refractivity contribution is 5.51. The minimum atomic E-state index is 0.637. The van der Waals surface area contributed by atoms with Crippen molar-refractivity contribution in [1.29, 1.82) is 0 Å². The summed E-state index contributed by atoms with van der Waals surface area (Å²) in [6.45, 7) is 0.717. The second kappa shape index (κ2) is 4.02. The summed E-state index contributed by atoms with van der Waals surface area (Å²) < 4.78 is 5.32. The zero-order valence-corrected chi connectivity index (χ0v) is 7.90. The molecular formula is C10H11N3O. The van der Waals surface area contributed by atoms with Crippen molar-refractivity contribution < 1.29 is 4.42 Å². The number of nitrogens with one attached hydrogen (secondary N) is 1. The van der Waals surface area contributed by atoms with Crippen LogP contribution in [-0.2, 0) is 6.54 Å². The van der Waals surface area contributed by atoms with Crippen LogP contribution in [0.5, 0.6) is 0 Å². The summed E-state index contributed by atoms with van der Waals surface area (Å²) in [5, 5.41) is 3.01. The van der Waals surface area contributed by atoms with Gasteiger partial charge in [-0.1, -0.05) is 0 Å². The minimum absolute atomic E-state index is 0.637. The molecule has 0 fully saturated rings. The highest BCUT2D eigenvalue weighted by Crippen LogP contribution is 2.16. The van der Waals surface area contributed by atoms with Gasteiger partial charge in [0.05, 0.1) is 5.69 Å². The maximum Gasteiger partial charge on any atom is 0.226 e. The first-order valence-electron chi connectivity index (χ1n) is 4.39. The summed E-state index contributed by atoms with van der Waals surface area (Å²) in [5.41, 5.74) is 1.85. The molecule has 4 heteroatoms. The van der Waals surface area contributed by atoms with Gasteiger partial charge in [-0.25, -0.2) is 4.98 Å². The first-order chi connectivity index (χ1) is 6.90. The second-order valence-electron chi connectivity index (χ2n) is 2.91. The molecule has 0 saturated heterocycles. The molecule has 0 unspecified atom stereocenters. The van der Waals surface area contributed by atoms with E-state index in [4.69, 9.17) is 4.42 Å². The molecular weight excluding hydrogens is 178 g/mol. The maximum atomic E-state index is 5.32. The molecule has 1 N–H and O–H groups in total. The average Bonchev–Trinajstić information content (AvgIpc) is 2.68. The van der Waals surface area contributed by atoms with Crippen LogP contribution in [-0.4, -0.2) is 17.0 Å². The van der Waals surface area contributed by atoms with Crippen LogP contribution in [0.25, 0.3) is 11.5 Å². The monoisotopic (exact) mass is 189 g/mol. The fraction of sp³-hybridized carbons (Fsp3) is 0.200. The number of pyridine rings is 1. The molecule has 0 aliphatic rings. The molecule has 0 amide bonds. The van der Waals surface area contributed by atoms with E-state index >= 15 is 0 Å². The first-order valence-corrected chi connectivity index (χ1v) is 4.39. The summed E-state index contributed by atoms with van der Waals surface area (Å²) in [6, 6.07) is 3.74. The van der Waals surface area contributed by atoms with Gasteiger partial charge < -0.3 is 9.73 Å². The van der Waals surface area contributed by atoms with Gasteiger partial charge in [0, 0.05) is 24.5 Å². The minimum Gasteiger partial charge on any atom is -0.444 e. The van der Waals surface area contributed by atoms with Crippen molar-refractivity contribution in [3.05, 3.63) is 36.5 Å². The van der Waals surface area contributed by atoms with E-state index in [-0.39, 0.29) is 0 Å². The zero-order valence-electron chi connectivity index (χ0n) is 7.90. The predicted molar refractivity (Wildman–Crippen MR) is 52.5 cm³/mol. The number of aromatic nitrogens is 2. The normalized spacial score (nSPS) is 10.4. The Labute approximate surface area is 82.0 Å². The van der Waals surface area contributed by atoms with E-state index in [0.29, 0.717) is 12.4 Å². The highest BCUT2D eigenvalue weighted by atomic mass is 16.3. The summed E-state index contributed by atoms with van der Waals surface area (Å²) in [6.07, 6.45) is 5.10. The van der Waals surface area contributed by atoms with Crippen LogP contribution in [0, 0.1) is 0 Å². The molecule has 2 aromatic rings. The molecule has 0 aliphatic carbocycles. The third-order valence-corrected chi connectivity index (χ3v) is 1.84. The van der Waals surface area contributed by atoms with Crippen molar-refractivity contribution >= 4 is 0 Å². The molecule has 0 spiro atoms. The van der Waals surface area contributed by atoms with Crippen LogP contribution < -0.4 is 5.32 Å². The smallest absolute Gasteiger partial charge is 0.226 e. The van der Waals surface area contributed by atoms with Crippen LogP contribution in [0.1, 0.15) is 5.69 Å². The Morgan fingerprint density at radius 1 is 1.36 bits per heavy atom. The summed E-state index contributed by atoms with van der Waals surface area (Å²) >= 11 is 0. The van der Waals surface area contributed by atoms with E-state index < -0.39 is 0 Å². The number of rotatable bonds is 3. The number of oxazole rings is 1. The Morgan fingerprint density at radius 3 is 2.86 bits per heavy atom. The molecule has 0 radical (unpaired) electrons. The lowest BCUT2D eigenvalue weighted by Gasteiger charge is -1.92. The number of hydrogen-bond acceptors (Lipinski definition) is 4. The van der Waals surface area contributed by atoms with Gasteiger partial charge >= 0.3 is 0 Å². The Morgan fingerprint density at radius 2 is 2.14 bits per heavy atom. The maximum absolute atomic E-state index is 5.32. The molecule has 0 aliphatic heterocycles. The predicted octanol–water partition coefficient (Wildman–Crippen LogP) is 1.46. The Hall–Kier alpha value is -1.68. The molecule has 0 aromatic carbocycles. The molecule has 14 heavy (non-hydrogen) atoms. The van der Waals surface area contributed by atoms with E-state index in [2.05, 4.69) is 15.3 Å². The molecule has 2 rings (SSSR count). The third kappa shape index (κ3) is 1.80. The summed E-state index contributed by atoms with van der Waals surface area (Å²) in [5.74, 6) is 0.637. The standard InChI is InChI=1S/C10H11N3O/c1-11-6-9-7-14-10(13-9)8-2-4-12-5-3-8/h2-5,7,11H,6H2,1H3. The van der Waals surface area contributed by atoms with Gasteiger partial charge in [-0.2, -0.15) is 0 Å². The van der Waals surface area contributed by atoms with Gasteiger partial charge in [-0.3, -0.25) is 4.98 Å². The van der Waals surface area contributed by atoms with E-state index in [1.807, 2.05) is 19.2 Å². The van der Waals surface area contributed by atoms with Gasteiger partial charge in [-0.15, -0.1) is 0 Å². The highest BCUT2D eigenvalue weighted by Gasteiger charge is 2.04. The summed E-state index contributed by atoms with van der Waals surface area (Å²) in [4.78, 5) is 8.25.